The van der Waals surface area contributed by atoms with Gasteiger partial charge in [0.15, 0.2) is 0 Å². The summed E-state index contributed by atoms with van der Waals surface area (Å²) in [6, 6.07) is 7.55. The molecule has 2 aromatic rings. The normalized spacial score (nSPS) is 18.9. The smallest absolute Gasteiger partial charge is 0.258 e. The number of nitrogens with one attached hydrogen (secondary N) is 1. The van der Waals surface area contributed by atoms with Gasteiger partial charge < -0.3 is 4.98 Å². The molecule has 1 fully saturated rings. The Morgan fingerprint density at radius 3 is 2.67 bits per heavy atom. The molecule has 1 aromatic heterocycles. The fourth-order valence-corrected chi connectivity index (χ4v) is 2.94. The average molecular weight is 242 g/mol. The van der Waals surface area contributed by atoms with Crippen molar-refractivity contribution in [2.45, 2.75) is 44.4 Å². The second-order valence-corrected chi connectivity index (χ2v) is 5.55. The molecule has 1 aromatic carbocycles. The fraction of sp³-hybridized carbons (Fsp3) is 0.467. The molecule has 0 saturated heterocycles. The van der Waals surface area contributed by atoms with Crippen molar-refractivity contribution in [2.24, 2.45) is 0 Å². The summed E-state index contributed by atoms with van der Waals surface area (Å²) in [4.78, 5) is 19.8. The van der Waals surface area contributed by atoms with Gasteiger partial charge in [-0.05, 0) is 25.0 Å². The fourth-order valence-electron chi connectivity index (χ4n) is 2.94. The molecule has 3 nitrogen and oxygen atoms in total. The summed E-state index contributed by atoms with van der Waals surface area (Å²) in [5, 5.41) is 0.681. The van der Waals surface area contributed by atoms with Crippen molar-refractivity contribution in [1.29, 1.82) is 0 Å². The summed E-state index contributed by atoms with van der Waals surface area (Å²) in [5.41, 5.74) is 0.840. The highest BCUT2D eigenvalue weighted by Gasteiger charge is 2.31. The molecule has 3 heteroatoms. The number of benzene rings is 1. The third kappa shape index (κ3) is 1.84. The molecule has 0 unspecified atom stereocenters. The van der Waals surface area contributed by atoms with Gasteiger partial charge in [-0.3, -0.25) is 4.79 Å². The molecule has 1 aliphatic rings. The van der Waals surface area contributed by atoms with Gasteiger partial charge in [0.1, 0.15) is 5.82 Å². The number of hydrogen-bond acceptors (Lipinski definition) is 2. The zero-order valence-corrected chi connectivity index (χ0v) is 10.7. The van der Waals surface area contributed by atoms with Crippen LogP contribution in [0, 0.1) is 0 Å². The van der Waals surface area contributed by atoms with E-state index in [-0.39, 0.29) is 11.0 Å². The lowest BCUT2D eigenvalue weighted by Crippen LogP contribution is -2.30. The van der Waals surface area contributed by atoms with Gasteiger partial charge in [0.2, 0.25) is 0 Å². The van der Waals surface area contributed by atoms with Gasteiger partial charge in [0.05, 0.1) is 10.9 Å². The molecule has 1 heterocycles. The average Bonchev–Trinajstić information content (AvgIpc) is 2.39. The van der Waals surface area contributed by atoms with Crippen molar-refractivity contribution in [1.82, 2.24) is 9.97 Å². The Morgan fingerprint density at radius 2 is 1.89 bits per heavy atom. The number of fused-ring (bicyclic) bond motifs is 1. The number of rotatable bonds is 1. The maximum atomic E-state index is 12.1. The van der Waals surface area contributed by atoms with Gasteiger partial charge in [0.25, 0.3) is 5.56 Å². The van der Waals surface area contributed by atoms with Crippen LogP contribution in [0.1, 0.15) is 44.9 Å². The SMILES string of the molecule is CC1(c2nc3ccccc3c(=O)[nH]2)CCCCC1. The van der Waals surface area contributed by atoms with Crippen LogP contribution in [0.3, 0.4) is 0 Å². The molecule has 0 bridgehead atoms. The van der Waals surface area contributed by atoms with Crippen LogP contribution in [0.15, 0.2) is 29.1 Å². The van der Waals surface area contributed by atoms with E-state index < -0.39 is 0 Å². The summed E-state index contributed by atoms with van der Waals surface area (Å²) < 4.78 is 0. The van der Waals surface area contributed by atoms with Crippen molar-refractivity contribution >= 4 is 10.9 Å². The Bertz CT molecular complexity index is 624. The van der Waals surface area contributed by atoms with E-state index in [1.165, 1.54) is 19.3 Å². The Hall–Kier alpha value is -1.64. The lowest BCUT2D eigenvalue weighted by atomic mass is 9.75. The molecule has 0 atom stereocenters. The molecule has 94 valence electrons. The van der Waals surface area contributed by atoms with Gasteiger partial charge in [-0.15, -0.1) is 0 Å². The third-order valence-electron chi connectivity index (χ3n) is 4.14. The molecule has 1 aliphatic carbocycles. The van der Waals surface area contributed by atoms with Gasteiger partial charge in [-0.25, -0.2) is 4.98 Å². The lowest BCUT2D eigenvalue weighted by molar-refractivity contribution is 0.304. The molecule has 0 spiro atoms. The lowest BCUT2D eigenvalue weighted by Gasteiger charge is -2.32. The molecular formula is C15H18N2O. The molecule has 0 aliphatic heterocycles. The largest absolute Gasteiger partial charge is 0.310 e. The Labute approximate surface area is 106 Å². The first kappa shape index (κ1) is 11.5. The highest BCUT2D eigenvalue weighted by atomic mass is 16.1. The van der Waals surface area contributed by atoms with Crippen LogP contribution in [0.5, 0.6) is 0 Å². The van der Waals surface area contributed by atoms with Crippen molar-refractivity contribution in [3.63, 3.8) is 0 Å². The monoisotopic (exact) mass is 242 g/mol. The van der Waals surface area contributed by atoms with E-state index in [0.29, 0.717) is 5.39 Å². The van der Waals surface area contributed by atoms with Gasteiger partial charge >= 0.3 is 0 Å². The van der Waals surface area contributed by atoms with E-state index in [4.69, 9.17) is 0 Å². The minimum atomic E-state index is -0.0117. The van der Waals surface area contributed by atoms with Crippen molar-refractivity contribution < 1.29 is 0 Å². The highest BCUT2D eigenvalue weighted by molar-refractivity contribution is 5.77. The standard InChI is InChI=1S/C15H18N2O/c1-15(9-5-2-6-10-15)14-16-12-8-4-3-7-11(12)13(18)17-14/h3-4,7-8H,2,5-6,9-10H2,1H3,(H,16,17,18). The van der Waals surface area contributed by atoms with Crippen molar-refractivity contribution in [3.8, 4) is 0 Å². The number of aromatic nitrogens is 2. The minimum absolute atomic E-state index is 0.0117. The van der Waals surface area contributed by atoms with Crippen LogP contribution >= 0.6 is 0 Å². The number of H-pyrrole nitrogens is 1. The van der Waals surface area contributed by atoms with Gasteiger partial charge in [-0.2, -0.15) is 0 Å². The summed E-state index contributed by atoms with van der Waals surface area (Å²) in [5.74, 6) is 0.867. The first-order valence-corrected chi connectivity index (χ1v) is 6.69. The van der Waals surface area contributed by atoms with Crippen molar-refractivity contribution in [3.05, 3.63) is 40.4 Å². The molecule has 0 amide bonds. The van der Waals surface area contributed by atoms with E-state index in [2.05, 4.69) is 16.9 Å². The molecule has 18 heavy (non-hydrogen) atoms. The number of nitrogens with zero attached hydrogens (tertiary/aromatic N) is 1. The number of aromatic amines is 1. The van der Waals surface area contributed by atoms with Crippen LogP contribution in [-0.4, -0.2) is 9.97 Å². The third-order valence-corrected chi connectivity index (χ3v) is 4.14. The number of hydrogen-bond donors (Lipinski definition) is 1. The Balaban J connectivity index is 2.15. The molecule has 0 radical (unpaired) electrons. The summed E-state index contributed by atoms with van der Waals surface area (Å²) in [6.45, 7) is 2.22. The van der Waals surface area contributed by atoms with Gasteiger partial charge in [0, 0.05) is 5.41 Å². The zero-order chi connectivity index (χ0) is 12.6. The van der Waals surface area contributed by atoms with Crippen LogP contribution in [0.2, 0.25) is 0 Å². The Kier molecular flexibility index (Phi) is 2.69. The first-order valence-electron chi connectivity index (χ1n) is 6.69. The highest BCUT2D eigenvalue weighted by Crippen LogP contribution is 2.36. The quantitative estimate of drug-likeness (QED) is 0.835. The predicted molar refractivity (Wildman–Crippen MR) is 72.8 cm³/mol. The molecule has 1 saturated carbocycles. The van der Waals surface area contributed by atoms with Crippen LogP contribution < -0.4 is 5.56 Å². The Morgan fingerprint density at radius 1 is 1.17 bits per heavy atom. The summed E-state index contributed by atoms with van der Waals surface area (Å²) in [6.07, 6.45) is 6.00. The molecule has 3 rings (SSSR count). The summed E-state index contributed by atoms with van der Waals surface area (Å²) >= 11 is 0. The van der Waals surface area contributed by atoms with Crippen molar-refractivity contribution in [2.75, 3.05) is 0 Å². The van der Waals surface area contributed by atoms with Crippen LogP contribution in [0.4, 0.5) is 0 Å². The van der Waals surface area contributed by atoms with Gasteiger partial charge in [-0.1, -0.05) is 38.3 Å². The van der Waals surface area contributed by atoms with E-state index in [0.717, 1.165) is 24.2 Å². The summed E-state index contributed by atoms with van der Waals surface area (Å²) in [7, 11) is 0. The number of para-hydroxylation sites is 1. The second-order valence-electron chi connectivity index (χ2n) is 5.55. The first-order chi connectivity index (χ1) is 8.69. The van der Waals surface area contributed by atoms with Crippen LogP contribution in [0.25, 0.3) is 10.9 Å². The van der Waals surface area contributed by atoms with E-state index in [1.54, 1.807) is 0 Å². The van der Waals surface area contributed by atoms with E-state index in [9.17, 15) is 4.79 Å². The van der Waals surface area contributed by atoms with E-state index >= 15 is 0 Å². The maximum Gasteiger partial charge on any atom is 0.258 e. The minimum Gasteiger partial charge on any atom is -0.310 e. The molecular weight excluding hydrogens is 224 g/mol. The predicted octanol–water partition coefficient (Wildman–Crippen LogP) is 3.14. The second kappa shape index (κ2) is 4.23. The van der Waals surface area contributed by atoms with E-state index in [1.807, 2.05) is 24.3 Å². The van der Waals surface area contributed by atoms with Crippen LogP contribution in [-0.2, 0) is 5.41 Å². The molecule has 1 N–H and O–H groups in total. The zero-order valence-electron chi connectivity index (χ0n) is 10.7. The topological polar surface area (TPSA) is 45.8 Å². The maximum absolute atomic E-state index is 12.1.